The Balaban J connectivity index is 2.36. The zero-order valence-corrected chi connectivity index (χ0v) is 11.7. The molecule has 4 heteroatoms. The van der Waals surface area contributed by atoms with Crippen LogP contribution in [-0.2, 0) is 4.74 Å². The first-order chi connectivity index (χ1) is 9.11. The molecule has 0 saturated heterocycles. The molecule has 1 aliphatic rings. The fraction of sp³-hybridized carbons (Fsp3) is 0.600. The monoisotopic (exact) mass is 266 g/mol. The first-order valence-electron chi connectivity index (χ1n) is 6.98. The van der Waals surface area contributed by atoms with E-state index in [1.807, 2.05) is 19.9 Å². The Labute approximate surface area is 114 Å². The van der Waals surface area contributed by atoms with Gasteiger partial charge in [-0.15, -0.1) is 0 Å². The van der Waals surface area contributed by atoms with Gasteiger partial charge in [0.25, 0.3) is 0 Å². The van der Waals surface area contributed by atoms with Crippen LogP contribution in [0.25, 0.3) is 0 Å². The number of benzene rings is 1. The van der Waals surface area contributed by atoms with E-state index in [-0.39, 0.29) is 17.5 Å². The third-order valence-corrected chi connectivity index (χ3v) is 3.97. The average molecular weight is 266 g/mol. The fourth-order valence-electron chi connectivity index (χ4n) is 3.26. The van der Waals surface area contributed by atoms with E-state index in [1.165, 1.54) is 6.07 Å². The molecule has 0 heterocycles. The van der Waals surface area contributed by atoms with Crippen molar-refractivity contribution in [2.24, 2.45) is 5.84 Å². The van der Waals surface area contributed by atoms with Crippen molar-refractivity contribution in [3.05, 3.63) is 35.1 Å². The molecule has 2 rings (SSSR count). The van der Waals surface area contributed by atoms with Crippen molar-refractivity contribution >= 4 is 0 Å². The van der Waals surface area contributed by atoms with Crippen LogP contribution in [0, 0.1) is 12.7 Å². The van der Waals surface area contributed by atoms with E-state index in [0.717, 1.165) is 36.8 Å². The van der Waals surface area contributed by atoms with Crippen LogP contribution in [-0.4, -0.2) is 12.2 Å². The molecule has 0 aliphatic heterocycles. The number of hydrazine groups is 1. The number of hydrogen-bond acceptors (Lipinski definition) is 3. The summed E-state index contributed by atoms with van der Waals surface area (Å²) in [5.41, 5.74) is 4.32. The van der Waals surface area contributed by atoms with E-state index < -0.39 is 0 Å². The number of aryl methyl sites for hydroxylation is 1. The lowest BCUT2D eigenvalue weighted by atomic mass is 9.86. The summed E-state index contributed by atoms with van der Waals surface area (Å²) >= 11 is 0. The highest BCUT2D eigenvalue weighted by atomic mass is 19.1. The van der Waals surface area contributed by atoms with Crippen LogP contribution in [0.4, 0.5) is 4.39 Å². The molecule has 1 aliphatic carbocycles. The van der Waals surface area contributed by atoms with E-state index in [2.05, 4.69) is 5.43 Å². The highest BCUT2D eigenvalue weighted by Crippen LogP contribution is 2.42. The second-order valence-electron chi connectivity index (χ2n) is 5.37. The van der Waals surface area contributed by atoms with Gasteiger partial charge in [0.05, 0.1) is 11.6 Å². The Kier molecular flexibility index (Phi) is 4.55. The van der Waals surface area contributed by atoms with Crippen molar-refractivity contribution in [2.75, 3.05) is 6.61 Å². The van der Waals surface area contributed by atoms with Crippen LogP contribution >= 0.6 is 0 Å². The normalized spacial score (nSPS) is 19.6. The number of halogens is 1. The third kappa shape index (κ3) is 2.96. The van der Waals surface area contributed by atoms with Crippen LogP contribution in [0.3, 0.4) is 0 Å². The molecule has 3 nitrogen and oxygen atoms in total. The zero-order chi connectivity index (χ0) is 13.9. The predicted molar refractivity (Wildman–Crippen MR) is 74.0 cm³/mol. The van der Waals surface area contributed by atoms with Gasteiger partial charge in [0.2, 0.25) is 0 Å². The van der Waals surface area contributed by atoms with Gasteiger partial charge < -0.3 is 4.74 Å². The molecule has 1 aromatic rings. The van der Waals surface area contributed by atoms with Gasteiger partial charge in [0.15, 0.2) is 0 Å². The highest BCUT2D eigenvalue weighted by Gasteiger charge is 2.42. The number of nitrogens with one attached hydrogen (secondary N) is 1. The molecule has 0 amide bonds. The largest absolute Gasteiger partial charge is 0.373 e. The maximum absolute atomic E-state index is 13.6. The molecular formula is C15H23FN2O. The van der Waals surface area contributed by atoms with Crippen molar-refractivity contribution in [2.45, 2.75) is 51.2 Å². The Morgan fingerprint density at radius 1 is 1.37 bits per heavy atom. The number of nitrogens with two attached hydrogens (primary N) is 1. The van der Waals surface area contributed by atoms with E-state index >= 15 is 0 Å². The van der Waals surface area contributed by atoms with Crippen molar-refractivity contribution in [1.29, 1.82) is 0 Å². The van der Waals surface area contributed by atoms with Crippen molar-refractivity contribution in [1.82, 2.24) is 5.43 Å². The van der Waals surface area contributed by atoms with E-state index in [1.54, 1.807) is 6.07 Å². The Bertz CT molecular complexity index is 410. The lowest BCUT2D eigenvalue weighted by Crippen LogP contribution is -2.47. The van der Waals surface area contributed by atoms with Gasteiger partial charge in [-0.05, 0) is 49.9 Å². The molecule has 106 valence electrons. The molecular weight excluding hydrogens is 243 g/mol. The quantitative estimate of drug-likeness (QED) is 0.636. The summed E-state index contributed by atoms with van der Waals surface area (Å²) in [5.74, 6) is 5.53. The first-order valence-corrected chi connectivity index (χ1v) is 6.98. The number of rotatable bonds is 5. The van der Waals surface area contributed by atoms with Gasteiger partial charge in [0.1, 0.15) is 5.82 Å². The molecule has 0 bridgehead atoms. The third-order valence-electron chi connectivity index (χ3n) is 3.97. The second kappa shape index (κ2) is 5.99. The summed E-state index contributed by atoms with van der Waals surface area (Å²) in [4.78, 5) is 0. The highest BCUT2D eigenvalue weighted by molar-refractivity contribution is 5.28. The molecule has 19 heavy (non-hydrogen) atoms. The standard InChI is InChI=1S/C15H23FN2O/c1-3-19-15(6-4-5-7-15)14(18-17)12-8-11(2)9-13(16)10-12/h8-10,14,18H,3-7,17H2,1-2H3. The Morgan fingerprint density at radius 3 is 2.58 bits per heavy atom. The molecule has 3 N–H and O–H groups in total. The number of hydrogen-bond donors (Lipinski definition) is 2. The zero-order valence-electron chi connectivity index (χ0n) is 11.7. The SMILES string of the molecule is CCOC1(C(NN)c2cc(C)cc(F)c2)CCCC1. The number of ether oxygens (including phenoxy) is 1. The smallest absolute Gasteiger partial charge is 0.123 e. The Morgan fingerprint density at radius 2 is 2.05 bits per heavy atom. The van der Waals surface area contributed by atoms with Crippen LogP contribution in [0.5, 0.6) is 0 Å². The summed E-state index contributed by atoms with van der Waals surface area (Å²) in [7, 11) is 0. The van der Waals surface area contributed by atoms with Gasteiger partial charge in [-0.2, -0.15) is 0 Å². The molecule has 1 aromatic carbocycles. The van der Waals surface area contributed by atoms with Gasteiger partial charge in [-0.1, -0.05) is 18.9 Å². The van der Waals surface area contributed by atoms with Gasteiger partial charge in [-0.3, -0.25) is 11.3 Å². The van der Waals surface area contributed by atoms with Crippen LogP contribution < -0.4 is 11.3 Å². The maximum atomic E-state index is 13.6. The first kappa shape index (κ1) is 14.4. The molecule has 0 spiro atoms. The molecule has 1 fully saturated rings. The maximum Gasteiger partial charge on any atom is 0.123 e. The second-order valence-corrected chi connectivity index (χ2v) is 5.37. The van der Waals surface area contributed by atoms with Gasteiger partial charge >= 0.3 is 0 Å². The van der Waals surface area contributed by atoms with Crippen molar-refractivity contribution in [3.63, 3.8) is 0 Å². The van der Waals surface area contributed by atoms with E-state index in [0.29, 0.717) is 6.61 Å². The fourth-order valence-corrected chi connectivity index (χ4v) is 3.26. The molecule has 0 aromatic heterocycles. The van der Waals surface area contributed by atoms with Crippen molar-refractivity contribution < 1.29 is 9.13 Å². The summed E-state index contributed by atoms with van der Waals surface area (Å²) in [6.45, 7) is 4.53. The minimum atomic E-state index is -0.302. The predicted octanol–water partition coefficient (Wildman–Crippen LogP) is 2.99. The van der Waals surface area contributed by atoms with E-state index in [9.17, 15) is 4.39 Å². The average Bonchev–Trinajstić information content (AvgIpc) is 2.78. The molecule has 1 unspecified atom stereocenters. The van der Waals surface area contributed by atoms with Crippen LogP contribution in [0.1, 0.15) is 49.8 Å². The lowest BCUT2D eigenvalue weighted by molar-refractivity contribution is -0.0627. The van der Waals surface area contributed by atoms with Crippen molar-refractivity contribution in [3.8, 4) is 0 Å². The van der Waals surface area contributed by atoms with E-state index in [4.69, 9.17) is 10.6 Å². The molecule has 0 radical (unpaired) electrons. The summed E-state index contributed by atoms with van der Waals surface area (Å²) in [5, 5.41) is 0. The lowest BCUT2D eigenvalue weighted by Gasteiger charge is -2.37. The molecule has 1 atom stereocenters. The Hall–Kier alpha value is -0.970. The minimum absolute atomic E-state index is 0.163. The summed E-state index contributed by atoms with van der Waals surface area (Å²) in [6.07, 6.45) is 4.19. The summed E-state index contributed by atoms with van der Waals surface area (Å²) in [6, 6.07) is 4.90. The van der Waals surface area contributed by atoms with Gasteiger partial charge in [0, 0.05) is 6.61 Å². The topological polar surface area (TPSA) is 47.3 Å². The molecule has 1 saturated carbocycles. The minimum Gasteiger partial charge on any atom is -0.373 e. The van der Waals surface area contributed by atoms with Crippen LogP contribution in [0.15, 0.2) is 18.2 Å². The summed E-state index contributed by atoms with van der Waals surface area (Å²) < 4.78 is 19.6. The van der Waals surface area contributed by atoms with Gasteiger partial charge in [-0.25, -0.2) is 4.39 Å². The van der Waals surface area contributed by atoms with Crippen LogP contribution in [0.2, 0.25) is 0 Å².